The van der Waals surface area contributed by atoms with E-state index >= 15 is 0 Å². The lowest BCUT2D eigenvalue weighted by molar-refractivity contribution is -0.132. The Morgan fingerprint density at radius 2 is 2.25 bits per heavy atom. The second-order valence-electron chi connectivity index (χ2n) is 3.26. The molecule has 0 aromatic carbocycles. The fourth-order valence-corrected chi connectivity index (χ4v) is 2.05. The number of nitriles is 1. The van der Waals surface area contributed by atoms with Gasteiger partial charge < -0.3 is 5.11 Å². The SMILES string of the molecule is Cc1csc(C=CC=C(C#N)C(=O)O)c1C. The van der Waals surface area contributed by atoms with Crippen molar-refractivity contribution >= 4 is 23.4 Å². The van der Waals surface area contributed by atoms with Crippen LogP contribution < -0.4 is 0 Å². The Bertz CT molecular complexity index is 504. The first-order valence-corrected chi connectivity index (χ1v) is 5.50. The van der Waals surface area contributed by atoms with E-state index in [1.165, 1.54) is 17.2 Å². The van der Waals surface area contributed by atoms with Gasteiger partial charge in [-0.1, -0.05) is 6.08 Å². The van der Waals surface area contributed by atoms with Crippen LogP contribution >= 0.6 is 11.3 Å². The van der Waals surface area contributed by atoms with Crippen LogP contribution in [0.3, 0.4) is 0 Å². The van der Waals surface area contributed by atoms with Gasteiger partial charge in [-0.3, -0.25) is 0 Å². The van der Waals surface area contributed by atoms with Gasteiger partial charge in [0.25, 0.3) is 0 Å². The van der Waals surface area contributed by atoms with Crippen molar-refractivity contribution in [2.75, 3.05) is 0 Å². The Balaban J connectivity index is 2.87. The average molecular weight is 233 g/mol. The molecule has 4 heteroatoms. The summed E-state index contributed by atoms with van der Waals surface area (Å²) < 4.78 is 0. The molecular weight excluding hydrogens is 222 g/mol. The highest BCUT2D eigenvalue weighted by Crippen LogP contribution is 2.22. The van der Waals surface area contributed by atoms with Crippen LogP contribution in [-0.2, 0) is 4.79 Å². The second kappa shape index (κ2) is 5.29. The summed E-state index contributed by atoms with van der Waals surface area (Å²) in [4.78, 5) is 11.6. The summed E-state index contributed by atoms with van der Waals surface area (Å²) in [5.41, 5.74) is 2.14. The van der Waals surface area contributed by atoms with Gasteiger partial charge in [-0.25, -0.2) is 4.79 Å². The molecular formula is C12H11NO2S. The summed E-state index contributed by atoms with van der Waals surface area (Å²) >= 11 is 1.60. The van der Waals surface area contributed by atoms with Crippen LogP contribution in [-0.4, -0.2) is 11.1 Å². The molecule has 0 saturated carbocycles. The predicted molar refractivity (Wildman–Crippen MR) is 64.2 cm³/mol. The Hall–Kier alpha value is -1.86. The number of carbonyl (C=O) groups is 1. The topological polar surface area (TPSA) is 61.1 Å². The first-order chi connectivity index (χ1) is 7.56. The summed E-state index contributed by atoms with van der Waals surface area (Å²) in [5, 5.41) is 19.2. The summed E-state index contributed by atoms with van der Waals surface area (Å²) in [7, 11) is 0. The summed E-state index contributed by atoms with van der Waals surface area (Å²) in [6, 6.07) is 1.62. The molecule has 0 aliphatic carbocycles. The van der Waals surface area contributed by atoms with Gasteiger partial charge in [0.1, 0.15) is 11.6 Å². The molecule has 0 aliphatic rings. The third kappa shape index (κ3) is 2.81. The summed E-state index contributed by atoms with van der Waals surface area (Å²) in [6.45, 7) is 4.04. The van der Waals surface area contributed by atoms with Gasteiger partial charge in [-0.05, 0) is 42.5 Å². The summed E-state index contributed by atoms with van der Waals surface area (Å²) in [5.74, 6) is -1.20. The third-order valence-electron chi connectivity index (χ3n) is 2.19. The van der Waals surface area contributed by atoms with Crippen LogP contribution in [0.4, 0.5) is 0 Å². The molecule has 0 atom stereocenters. The van der Waals surface area contributed by atoms with Gasteiger partial charge in [0.2, 0.25) is 0 Å². The minimum atomic E-state index is -1.20. The van der Waals surface area contributed by atoms with Gasteiger partial charge in [0.05, 0.1) is 0 Å². The number of aliphatic carboxylic acids is 1. The molecule has 0 aliphatic heterocycles. The standard InChI is InChI=1S/C12H11NO2S/c1-8-7-16-11(9(8)2)5-3-4-10(6-13)12(14)15/h3-5,7H,1-2H3,(H,14,15). The van der Waals surface area contributed by atoms with Crippen LogP contribution in [0.5, 0.6) is 0 Å². The number of hydrogen-bond acceptors (Lipinski definition) is 3. The lowest BCUT2D eigenvalue weighted by Crippen LogP contribution is -1.96. The fraction of sp³-hybridized carbons (Fsp3) is 0.167. The highest BCUT2D eigenvalue weighted by Gasteiger charge is 2.03. The number of rotatable bonds is 3. The van der Waals surface area contributed by atoms with E-state index in [1.807, 2.05) is 25.3 Å². The molecule has 82 valence electrons. The van der Waals surface area contributed by atoms with Crippen molar-refractivity contribution in [2.45, 2.75) is 13.8 Å². The molecule has 0 amide bonds. The number of carboxylic acid groups (broad SMARTS) is 1. The highest BCUT2D eigenvalue weighted by molar-refractivity contribution is 7.11. The molecule has 0 spiro atoms. The quantitative estimate of drug-likeness (QED) is 0.496. The van der Waals surface area contributed by atoms with Gasteiger partial charge in [-0.2, -0.15) is 5.26 Å². The molecule has 0 unspecified atom stereocenters. The van der Waals surface area contributed by atoms with E-state index in [9.17, 15) is 4.79 Å². The van der Waals surface area contributed by atoms with Crippen molar-refractivity contribution in [1.82, 2.24) is 0 Å². The summed E-state index contributed by atoms with van der Waals surface area (Å²) in [6.07, 6.45) is 4.70. The number of hydrogen-bond donors (Lipinski definition) is 1. The lowest BCUT2D eigenvalue weighted by atomic mass is 10.2. The van der Waals surface area contributed by atoms with Crippen molar-refractivity contribution in [1.29, 1.82) is 5.26 Å². The lowest BCUT2D eigenvalue weighted by Gasteiger charge is -1.90. The average Bonchev–Trinajstić information content (AvgIpc) is 2.55. The normalized spacial score (nSPS) is 11.7. The predicted octanol–water partition coefficient (Wildman–Crippen LogP) is 2.91. The van der Waals surface area contributed by atoms with Crippen molar-refractivity contribution in [3.05, 3.63) is 39.1 Å². The van der Waals surface area contributed by atoms with Crippen molar-refractivity contribution in [2.24, 2.45) is 0 Å². The van der Waals surface area contributed by atoms with Crippen LogP contribution in [0.15, 0.2) is 23.1 Å². The molecule has 1 rings (SSSR count). The van der Waals surface area contributed by atoms with E-state index in [0.29, 0.717) is 0 Å². The molecule has 1 aromatic rings. The number of aryl methyl sites for hydroxylation is 1. The number of carboxylic acids is 1. The maximum absolute atomic E-state index is 10.5. The Kier molecular flexibility index (Phi) is 4.03. The zero-order valence-corrected chi connectivity index (χ0v) is 9.84. The maximum atomic E-state index is 10.5. The minimum Gasteiger partial charge on any atom is -0.477 e. The monoisotopic (exact) mass is 233 g/mol. The van der Waals surface area contributed by atoms with E-state index in [2.05, 4.69) is 0 Å². The number of thiophene rings is 1. The largest absolute Gasteiger partial charge is 0.477 e. The van der Waals surface area contributed by atoms with E-state index in [-0.39, 0.29) is 5.57 Å². The van der Waals surface area contributed by atoms with Gasteiger partial charge in [0, 0.05) is 4.88 Å². The van der Waals surface area contributed by atoms with Crippen LogP contribution in [0.2, 0.25) is 0 Å². The molecule has 1 aromatic heterocycles. The van der Waals surface area contributed by atoms with Crippen molar-refractivity contribution < 1.29 is 9.90 Å². The molecule has 3 nitrogen and oxygen atoms in total. The Morgan fingerprint density at radius 3 is 2.69 bits per heavy atom. The van der Waals surface area contributed by atoms with Gasteiger partial charge in [-0.15, -0.1) is 11.3 Å². The van der Waals surface area contributed by atoms with Crippen LogP contribution in [0, 0.1) is 25.2 Å². The second-order valence-corrected chi connectivity index (χ2v) is 4.18. The molecule has 1 N–H and O–H groups in total. The van der Waals surface area contributed by atoms with Crippen molar-refractivity contribution in [3.8, 4) is 6.07 Å². The molecule has 16 heavy (non-hydrogen) atoms. The molecule has 0 fully saturated rings. The zero-order valence-electron chi connectivity index (χ0n) is 9.02. The van der Waals surface area contributed by atoms with E-state index in [0.717, 1.165) is 4.88 Å². The number of allylic oxidation sites excluding steroid dienone is 2. The molecule has 1 heterocycles. The number of nitrogens with zero attached hydrogens (tertiary/aromatic N) is 1. The van der Waals surface area contributed by atoms with E-state index in [4.69, 9.17) is 10.4 Å². The smallest absolute Gasteiger partial charge is 0.346 e. The van der Waals surface area contributed by atoms with Crippen LogP contribution in [0.25, 0.3) is 6.08 Å². The maximum Gasteiger partial charge on any atom is 0.346 e. The minimum absolute atomic E-state index is 0.262. The first-order valence-electron chi connectivity index (χ1n) is 4.62. The third-order valence-corrected chi connectivity index (χ3v) is 3.35. The zero-order chi connectivity index (χ0) is 12.1. The van der Waals surface area contributed by atoms with Gasteiger partial charge in [0.15, 0.2) is 0 Å². The van der Waals surface area contributed by atoms with Crippen molar-refractivity contribution in [3.63, 3.8) is 0 Å². The van der Waals surface area contributed by atoms with Crippen LogP contribution in [0.1, 0.15) is 16.0 Å². The van der Waals surface area contributed by atoms with E-state index < -0.39 is 5.97 Å². The fourth-order valence-electron chi connectivity index (χ4n) is 1.08. The Labute approximate surface area is 98.0 Å². The van der Waals surface area contributed by atoms with E-state index in [1.54, 1.807) is 23.5 Å². The molecule has 0 saturated heterocycles. The first kappa shape index (κ1) is 12.2. The van der Waals surface area contributed by atoms with Gasteiger partial charge >= 0.3 is 5.97 Å². The molecule has 0 radical (unpaired) electrons. The molecule has 0 bridgehead atoms. The highest BCUT2D eigenvalue weighted by atomic mass is 32.1. The Morgan fingerprint density at radius 1 is 1.56 bits per heavy atom.